The van der Waals surface area contributed by atoms with Crippen molar-refractivity contribution in [2.24, 2.45) is 4.99 Å². The molecule has 2 aromatic heterocycles. The number of nitrogens with zero attached hydrogens (tertiary/aromatic N) is 5. The average molecular weight is 395 g/mol. The van der Waals surface area contributed by atoms with E-state index >= 15 is 0 Å². The molecule has 2 aromatic rings. The fourth-order valence-electron chi connectivity index (χ4n) is 3.96. The number of allylic oxidation sites excluding steroid dienone is 1. The Balaban J connectivity index is 1.44. The zero-order valence-corrected chi connectivity index (χ0v) is 16.3. The van der Waals surface area contributed by atoms with Crippen molar-refractivity contribution in [3.8, 4) is 0 Å². The van der Waals surface area contributed by atoms with Crippen molar-refractivity contribution >= 4 is 17.5 Å². The molecule has 0 radical (unpaired) electrons. The molecule has 3 aliphatic heterocycles. The molecule has 2 atom stereocenters. The lowest BCUT2D eigenvalue weighted by atomic mass is 10.1. The number of carbonyl (C=O) groups excluding carboxylic acids is 1. The van der Waals surface area contributed by atoms with Gasteiger partial charge < -0.3 is 19.9 Å². The molecular formula is C20H22FN7O. The average Bonchev–Trinajstić information content (AvgIpc) is 3.08. The van der Waals surface area contributed by atoms with Gasteiger partial charge in [0.05, 0.1) is 11.4 Å². The van der Waals surface area contributed by atoms with Gasteiger partial charge in [-0.2, -0.15) is 0 Å². The van der Waals surface area contributed by atoms with E-state index in [9.17, 15) is 9.18 Å². The van der Waals surface area contributed by atoms with Gasteiger partial charge in [-0.05, 0) is 32.1 Å². The Morgan fingerprint density at radius 1 is 1.28 bits per heavy atom. The third kappa shape index (κ3) is 3.17. The van der Waals surface area contributed by atoms with E-state index in [1.54, 1.807) is 16.8 Å². The van der Waals surface area contributed by atoms with Crippen LogP contribution in [-0.4, -0.2) is 56.7 Å². The molecule has 5 heterocycles. The molecule has 1 fully saturated rings. The molecule has 0 bridgehead atoms. The molecule has 5 rings (SSSR count). The van der Waals surface area contributed by atoms with E-state index in [1.807, 2.05) is 25.3 Å². The van der Waals surface area contributed by atoms with Crippen LogP contribution in [0.25, 0.3) is 5.65 Å². The summed E-state index contributed by atoms with van der Waals surface area (Å²) in [4.78, 5) is 25.3. The summed E-state index contributed by atoms with van der Waals surface area (Å²) in [6, 6.07) is 1.49. The number of aliphatic imine (C=N–C) groups is 1. The predicted molar refractivity (Wildman–Crippen MR) is 107 cm³/mol. The summed E-state index contributed by atoms with van der Waals surface area (Å²) < 4.78 is 16.1. The Bertz CT molecular complexity index is 1090. The molecule has 9 heteroatoms. The highest BCUT2D eigenvalue weighted by Crippen LogP contribution is 2.25. The molecular weight excluding hydrogens is 373 g/mol. The zero-order chi connectivity index (χ0) is 20.1. The summed E-state index contributed by atoms with van der Waals surface area (Å²) in [5.74, 6) is 0.0923. The van der Waals surface area contributed by atoms with Gasteiger partial charge in [-0.3, -0.25) is 4.90 Å². The van der Waals surface area contributed by atoms with E-state index in [4.69, 9.17) is 0 Å². The number of rotatable bonds is 2. The molecule has 0 aromatic carbocycles. The first kappa shape index (κ1) is 17.9. The molecule has 3 aliphatic rings. The van der Waals surface area contributed by atoms with Crippen LogP contribution in [0.3, 0.4) is 0 Å². The topological polar surface area (TPSA) is 77.3 Å². The largest absolute Gasteiger partial charge is 0.368 e. The monoisotopic (exact) mass is 395 g/mol. The van der Waals surface area contributed by atoms with Gasteiger partial charge in [-0.25, -0.2) is 19.2 Å². The Morgan fingerprint density at radius 2 is 2.14 bits per heavy atom. The van der Waals surface area contributed by atoms with E-state index in [-0.39, 0.29) is 11.7 Å². The summed E-state index contributed by atoms with van der Waals surface area (Å²) in [6.45, 7) is 6.62. The van der Waals surface area contributed by atoms with Gasteiger partial charge in [0, 0.05) is 49.8 Å². The Kier molecular flexibility index (Phi) is 4.13. The van der Waals surface area contributed by atoms with E-state index in [0.717, 1.165) is 31.0 Å². The number of fused-ring (bicyclic) bond motifs is 2. The number of amidine groups is 1. The van der Waals surface area contributed by atoms with Crippen molar-refractivity contribution < 1.29 is 9.18 Å². The number of carbonyl (C=O) groups is 1. The van der Waals surface area contributed by atoms with Crippen LogP contribution < -0.4 is 10.6 Å². The fraction of sp³-hybridized carbons (Fsp3) is 0.350. The number of aryl methyl sites for hydroxylation is 1. The van der Waals surface area contributed by atoms with Gasteiger partial charge in [-0.15, -0.1) is 0 Å². The zero-order valence-electron chi connectivity index (χ0n) is 16.3. The number of hydrogen-bond acceptors (Lipinski definition) is 5. The number of pyridine rings is 1. The second-order valence-corrected chi connectivity index (χ2v) is 7.63. The van der Waals surface area contributed by atoms with Crippen LogP contribution in [0.4, 0.5) is 9.18 Å². The van der Waals surface area contributed by atoms with Gasteiger partial charge in [-0.1, -0.05) is 0 Å². The number of amides is 2. The van der Waals surface area contributed by atoms with E-state index < -0.39 is 12.0 Å². The summed E-state index contributed by atoms with van der Waals surface area (Å²) in [5, 5.41) is 6.26. The summed E-state index contributed by atoms with van der Waals surface area (Å²) in [7, 11) is 0. The highest BCUT2D eigenvalue weighted by molar-refractivity contribution is 6.07. The van der Waals surface area contributed by atoms with Gasteiger partial charge >= 0.3 is 6.03 Å². The number of imidazole rings is 1. The summed E-state index contributed by atoms with van der Waals surface area (Å²) in [5.41, 5.74) is 2.53. The van der Waals surface area contributed by atoms with Crippen molar-refractivity contribution in [2.45, 2.75) is 26.1 Å². The standard InChI is InChI=1S/C20H22FN7O/c1-12-8-26(6-5-22-12)15-3-4-17-24-18(25-20(29)28(17)11-15)14-7-16(21)19-23-13(2)9-27(19)10-14/h3-4,7,9-12,18,22H,5-6,8H2,1-2H3,(H,25,29). The van der Waals surface area contributed by atoms with Crippen molar-refractivity contribution in [1.82, 2.24) is 29.8 Å². The molecule has 2 N–H and O–H groups in total. The van der Waals surface area contributed by atoms with Crippen LogP contribution >= 0.6 is 0 Å². The lowest BCUT2D eigenvalue weighted by Gasteiger charge is -2.37. The summed E-state index contributed by atoms with van der Waals surface area (Å²) in [6.07, 6.45) is 8.46. The van der Waals surface area contributed by atoms with Crippen molar-refractivity contribution in [1.29, 1.82) is 0 Å². The normalized spacial score (nSPS) is 24.3. The first-order chi connectivity index (χ1) is 14.0. The smallest absolute Gasteiger partial charge is 0.329 e. The van der Waals surface area contributed by atoms with Gasteiger partial charge in [0.2, 0.25) is 0 Å². The fourth-order valence-corrected chi connectivity index (χ4v) is 3.96. The Labute approximate surface area is 167 Å². The van der Waals surface area contributed by atoms with Crippen molar-refractivity contribution in [3.05, 3.63) is 59.6 Å². The van der Waals surface area contributed by atoms with Crippen LogP contribution in [0, 0.1) is 12.7 Å². The molecule has 0 spiro atoms. The first-order valence-electron chi connectivity index (χ1n) is 9.68. The van der Waals surface area contributed by atoms with Crippen molar-refractivity contribution in [3.63, 3.8) is 0 Å². The highest BCUT2D eigenvalue weighted by Gasteiger charge is 2.30. The van der Waals surface area contributed by atoms with Crippen LogP contribution in [0.5, 0.6) is 0 Å². The van der Waals surface area contributed by atoms with E-state index in [0.29, 0.717) is 17.4 Å². The number of aromatic nitrogens is 2. The predicted octanol–water partition coefficient (Wildman–Crippen LogP) is 1.91. The van der Waals surface area contributed by atoms with Crippen LogP contribution in [0.15, 0.2) is 47.5 Å². The van der Waals surface area contributed by atoms with Crippen molar-refractivity contribution in [2.75, 3.05) is 19.6 Å². The van der Waals surface area contributed by atoms with Crippen LogP contribution in [-0.2, 0) is 0 Å². The van der Waals surface area contributed by atoms with Gasteiger partial charge in [0.25, 0.3) is 0 Å². The highest BCUT2D eigenvalue weighted by atomic mass is 19.1. The molecule has 0 aliphatic carbocycles. The number of hydrogen-bond donors (Lipinski definition) is 2. The van der Waals surface area contributed by atoms with Crippen LogP contribution in [0.2, 0.25) is 0 Å². The quantitative estimate of drug-likeness (QED) is 0.815. The van der Waals surface area contributed by atoms with Gasteiger partial charge in [0.1, 0.15) is 5.84 Å². The Hall–Kier alpha value is -3.20. The molecule has 2 unspecified atom stereocenters. The SMILES string of the molecule is Cc1cn2cc(C3N=C4C=CC(N5CCNC(C)C5)=CN4C(=O)N3)cc(F)c2n1. The number of halogens is 1. The number of urea groups is 1. The molecule has 0 saturated carbocycles. The minimum atomic E-state index is -0.658. The molecule has 150 valence electrons. The van der Waals surface area contributed by atoms with E-state index in [2.05, 4.69) is 32.4 Å². The molecule has 2 amide bonds. The maximum absolute atomic E-state index is 14.4. The minimum absolute atomic E-state index is 0.262. The molecule has 29 heavy (non-hydrogen) atoms. The lowest BCUT2D eigenvalue weighted by Crippen LogP contribution is -2.51. The van der Waals surface area contributed by atoms with Crippen LogP contribution in [0.1, 0.15) is 24.3 Å². The maximum Gasteiger partial charge on any atom is 0.329 e. The second kappa shape index (κ2) is 6.70. The first-order valence-corrected chi connectivity index (χ1v) is 9.68. The Morgan fingerprint density at radius 3 is 2.97 bits per heavy atom. The maximum atomic E-state index is 14.4. The molecule has 8 nitrogen and oxygen atoms in total. The second-order valence-electron chi connectivity index (χ2n) is 7.63. The number of piperazine rings is 1. The molecule has 1 saturated heterocycles. The number of nitrogens with one attached hydrogen (secondary N) is 2. The summed E-state index contributed by atoms with van der Waals surface area (Å²) >= 11 is 0. The third-order valence-electron chi connectivity index (χ3n) is 5.35. The van der Waals surface area contributed by atoms with Gasteiger partial charge in [0.15, 0.2) is 17.6 Å². The lowest BCUT2D eigenvalue weighted by molar-refractivity contribution is 0.220. The minimum Gasteiger partial charge on any atom is -0.368 e. The third-order valence-corrected chi connectivity index (χ3v) is 5.35. The van der Waals surface area contributed by atoms with E-state index in [1.165, 1.54) is 11.0 Å².